The van der Waals surface area contributed by atoms with E-state index in [2.05, 4.69) is 5.32 Å². The van der Waals surface area contributed by atoms with E-state index in [9.17, 15) is 10.1 Å². The third kappa shape index (κ3) is 1.55. The summed E-state index contributed by atoms with van der Waals surface area (Å²) in [7, 11) is 0. The van der Waals surface area contributed by atoms with Crippen LogP contribution >= 0.6 is 0 Å². The van der Waals surface area contributed by atoms with Crippen LogP contribution in [-0.4, -0.2) is 16.0 Å². The van der Waals surface area contributed by atoms with Gasteiger partial charge in [-0.15, -0.1) is 0 Å². The molecule has 0 radical (unpaired) electrons. The third-order valence-corrected chi connectivity index (χ3v) is 3.25. The Morgan fingerprint density at radius 1 is 1.33 bits per heavy atom. The van der Waals surface area contributed by atoms with Crippen LogP contribution in [0, 0.1) is 17.0 Å². The topological polar surface area (TPSA) is 60.1 Å². The van der Waals surface area contributed by atoms with Crippen molar-refractivity contribution in [2.75, 3.05) is 11.9 Å². The van der Waals surface area contributed by atoms with E-state index >= 15 is 0 Å². The van der Waals surface area contributed by atoms with Crippen molar-refractivity contribution in [1.29, 1.82) is 0 Å². The van der Waals surface area contributed by atoms with Gasteiger partial charge in [-0.1, -0.05) is 29.8 Å². The quantitative estimate of drug-likeness (QED) is 0.651. The molecule has 0 saturated heterocycles. The number of hydrogen-bond acceptors (Lipinski definition) is 3. The van der Waals surface area contributed by atoms with Crippen LogP contribution < -0.4 is 5.32 Å². The number of benzene rings is 1. The van der Waals surface area contributed by atoms with Gasteiger partial charge in [0, 0.05) is 19.2 Å². The highest BCUT2D eigenvalue weighted by Crippen LogP contribution is 2.36. The molecule has 0 spiro atoms. The summed E-state index contributed by atoms with van der Waals surface area (Å²) in [6, 6.07) is 9.68. The Morgan fingerprint density at radius 2 is 2.06 bits per heavy atom. The van der Waals surface area contributed by atoms with E-state index in [-0.39, 0.29) is 10.6 Å². The number of nitrogens with one attached hydrogen (secondary N) is 1. The average Bonchev–Trinajstić information content (AvgIpc) is 2.91. The minimum Gasteiger partial charge on any atom is -0.364 e. The zero-order valence-corrected chi connectivity index (χ0v) is 10.0. The molecule has 5 heteroatoms. The second-order valence-electron chi connectivity index (χ2n) is 4.46. The van der Waals surface area contributed by atoms with Gasteiger partial charge in [-0.3, -0.25) is 10.1 Å². The Hall–Kier alpha value is -2.30. The van der Waals surface area contributed by atoms with E-state index in [0.29, 0.717) is 5.82 Å². The highest BCUT2D eigenvalue weighted by atomic mass is 16.6. The molecule has 0 atom stereocenters. The van der Waals surface area contributed by atoms with E-state index in [0.717, 1.165) is 24.3 Å². The molecule has 1 N–H and O–H groups in total. The molecule has 0 amide bonds. The van der Waals surface area contributed by atoms with E-state index in [4.69, 9.17) is 0 Å². The first-order valence-electron chi connectivity index (χ1n) is 5.85. The summed E-state index contributed by atoms with van der Waals surface area (Å²) in [5.74, 6) is 0.621. The molecule has 1 aliphatic heterocycles. The van der Waals surface area contributed by atoms with Crippen LogP contribution in [0.4, 0.5) is 11.5 Å². The van der Waals surface area contributed by atoms with E-state index < -0.39 is 0 Å². The highest BCUT2D eigenvalue weighted by molar-refractivity contribution is 5.74. The summed E-state index contributed by atoms with van der Waals surface area (Å²) in [4.78, 5) is 10.7. The zero-order valence-electron chi connectivity index (χ0n) is 10.0. The summed E-state index contributed by atoms with van der Waals surface area (Å²) < 4.78 is 1.98. The molecule has 5 nitrogen and oxygen atoms in total. The Bertz CT molecular complexity index is 614. The zero-order chi connectivity index (χ0) is 12.7. The van der Waals surface area contributed by atoms with Crippen LogP contribution in [0.3, 0.4) is 0 Å². The molecule has 2 heterocycles. The fourth-order valence-electron chi connectivity index (χ4n) is 2.34. The summed E-state index contributed by atoms with van der Waals surface area (Å²) in [5.41, 5.74) is 3.25. The second kappa shape index (κ2) is 3.87. The van der Waals surface area contributed by atoms with Crippen molar-refractivity contribution >= 4 is 11.5 Å². The van der Waals surface area contributed by atoms with Gasteiger partial charge in [-0.25, -0.2) is 0 Å². The second-order valence-corrected chi connectivity index (χ2v) is 4.46. The Morgan fingerprint density at radius 3 is 2.72 bits per heavy atom. The van der Waals surface area contributed by atoms with Crippen LogP contribution in [0.5, 0.6) is 0 Å². The number of hydrogen-bond donors (Lipinski definition) is 1. The number of anilines is 1. The van der Waals surface area contributed by atoms with Crippen LogP contribution in [0.25, 0.3) is 11.3 Å². The fourth-order valence-corrected chi connectivity index (χ4v) is 2.34. The van der Waals surface area contributed by atoms with Crippen molar-refractivity contribution in [3.63, 3.8) is 0 Å². The normalized spacial score (nSPS) is 13.2. The standard InChI is InChI=1S/C13H13N3O2/c1-9-2-4-10(5-3-9)11-8-12(16(17)18)13-14-6-7-15(11)13/h2-5,8,14H,6-7H2,1H3. The van der Waals surface area contributed by atoms with Crippen molar-refractivity contribution in [2.24, 2.45) is 0 Å². The van der Waals surface area contributed by atoms with Crippen molar-refractivity contribution in [2.45, 2.75) is 13.5 Å². The molecule has 18 heavy (non-hydrogen) atoms. The molecule has 0 bridgehead atoms. The van der Waals surface area contributed by atoms with Gasteiger partial charge in [0.15, 0.2) is 5.82 Å². The summed E-state index contributed by atoms with van der Waals surface area (Å²) >= 11 is 0. The number of nitro groups is 1. The van der Waals surface area contributed by atoms with Crippen molar-refractivity contribution < 1.29 is 4.92 Å². The molecule has 0 unspecified atom stereocenters. The first-order valence-corrected chi connectivity index (χ1v) is 5.85. The SMILES string of the molecule is Cc1ccc(-c2cc([N+](=O)[O-])c3n2CCN3)cc1. The van der Waals surface area contributed by atoms with E-state index in [1.54, 1.807) is 6.07 Å². The molecule has 3 rings (SSSR count). The predicted octanol–water partition coefficient (Wildman–Crippen LogP) is 2.80. The molecular formula is C13H13N3O2. The summed E-state index contributed by atoms with van der Waals surface area (Å²) in [6.07, 6.45) is 0. The first-order chi connectivity index (χ1) is 8.66. The van der Waals surface area contributed by atoms with E-state index in [1.165, 1.54) is 5.56 Å². The predicted molar refractivity (Wildman–Crippen MR) is 69.7 cm³/mol. The first kappa shape index (κ1) is 10.8. The lowest BCUT2D eigenvalue weighted by Gasteiger charge is -2.04. The summed E-state index contributed by atoms with van der Waals surface area (Å²) in [6.45, 7) is 3.54. The van der Waals surface area contributed by atoms with Gasteiger partial charge in [0.25, 0.3) is 0 Å². The van der Waals surface area contributed by atoms with Gasteiger partial charge < -0.3 is 9.88 Å². The number of rotatable bonds is 2. The monoisotopic (exact) mass is 243 g/mol. The van der Waals surface area contributed by atoms with Crippen LogP contribution in [0.2, 0.25) is 0 Å². The fraction of sp³-hybridized carbons (Fsp3) is 0.231. The van der Waals surface area contributed by atoms with Gasteiger partial charge in [0.05, 0.1) is 10.6 Å². The van der Waals surface area contributed by atoms with E-state index in [1.807, 2.05) is 35.8 Å². The van der Waals surface area contributed by atoms with Gasteiger partial charge in [-0.2, -0.15) is 0 Å². The maximum atomic E-state index is 11.0. The number of aromatic nitrogens is 1. The maximum Gasteiger partial charge on any atom is 0.311 e. The van der Waals surface area contributed by atoms with Crippen LogP contribution in [-0.2, 0) is 6.54 Å². The highest BCUT2D eigenvalue weighted by Gasteiger charge is 2.27. The maximum absolute atomic E-state index is 11.0. The van der Waals surface area contributed by atoms with Gasteiger partial charge in [-0.05, 0) is 12.5 Å². The molecule has 1 aliphatic rings. The van der Waals surface area contributed by atoms with Gasteiger partial charge >= 0.3 is 5.69 Å². The van der Waals surface area contributed by atoms with Crippen molar-refractivity contribution in [3.05, 3.63) is 46.0 Å². The molecule has 2 aromatic rings. The smallest absolute Gasteiger partial charge is 0.311 e. The molecule has 0 saturated carbocycles. The lowest BCUT2D eigenvalue weighted by molar-refractivity contribution is -0.383. The largest absolute Gasteiger partial charge is 0.364 e. The Balaban J connectivity index is 2.15. The van der Waals surface area contributed by atoms with Gasteiger partial charge in [0.2, 0.25) is 0 Å². The minimum atomic E-state index is -0.332. The number of aryl methyl sites for hydroxylation is 1. The lowest BCUT2D eigenvalue weighted by Crippen LogP contribution is -1.96. The van der Waals surface area contributed by atoms with Gasteiger partial charge in [0.1, 0.15) is 0 Å². The van der Waals surface area contributed by atoms with Crippen LogP contribution in [0.15, 0.2) is 30.3 Å². The van der Waals surface area contributed by atoms with Crippen LogP contribution in [0.1, 0.15) is 5.56 Å². The molecule has 1 aromatic carbocycles. The average molecular weight is 243 g/mol. The molecule has 1 aromatic heterocycles. The third-order valence-electron chi connectivity index (χ3n) is 3.25. The Labute approximate surface area is 104 Å². The molecular weight excluding hydrogens is 230 g/mol. The molecule has 92 valence electrons. The van der Waals surface area contributed by atoms with Crippen molar-refractivity contribution in [1.82, 2.24) is 4.57 Å². The number of nitrogens with zero attached hydrogens (tertiary/aromatic N) is 2. The lowest BCUT2D eigenvalue weighted by atomic mass is 10.1. The molecule has 0 aliphatic carbocycles. The van der Waals surface area contributed by atoms with Crippen molar-refractivity contribution in [3.8, 4) is 11.3 Å². The molecule has 0 fully saturated rings. The summed E-state index contributed by atoms with van der Waals surface area (Å²) in [5, 5.41) is 14.1. The number of fused-ring (bicyclic) bond motifs is 1. The Kier molecular flexibility index (Phi) is 2.33. The minimum absolute atomic E-state index is 0.156.